The normalized spacial score (nSPS) is 14.6. The minimum absolute atomic E-state index is 0.0138. The van der Waals surface area contributed by atoms with Crippen LogP contribution in [0.15, 0.2) is 28.7 Å². The van der Waals surface area contributed by atoms with Gasteiger partial charge in [0, 0.05) is 38.7 Å². The van der Waals surface area contributed by atoms with Crippen LogP contribution in [0.3, 0.4) is 0 Å². The molecule has 0 N–H and O–H groups in total. The summed E-state index contributed by atoms with van der Waals surface area (Å²) in [6, 6.07) is 7.04. The fourth-order valence-electron chi connectivity index (χ4n) is 2.57. The monoisotopic (exact) mass is 330 g/mol. The maximum absolute atomic E-state index is 12.5. The summed E-state index contributed by atoms with van der Waals surface area (Å²) in [5.74, 6) is 0.602. The second-order valence-corrected chi connectivity index (χ2v) is 5.44. The van der Waals surface area contributed by atoms with Crippen molar-refractivity contribution in [2.75, 3.05) is 33.3 Å². The van der Waals surface area contributed by atoms with Gasteiger partial charge in [0.05, 0.1) is 7.11 Å². The number of ether oxygens (including phenoxy) is 1. The van der Waals surface area contributed by atoms with E-state index in [9.17, 15) is 9.59 Å². The Kier molecular flexibility index (Phi) is 4.45. The molecule has 0 bridgehead atoms. The highest BCUT2D eigenvalue weighted by molar-refractivity contribution is 5.95. The predicted octanol–water partition coefficient (Wildman–Crippen LogP) is 0.985. The lowest BCUT2D eigenvalue weighted by molar-refractivity contribution is 0.0512. The molecule has 0 spiro atoms. The minimum Gasteiger partial charge on any atom is -0.497 e. The fraction of sp³-hybridized carbons (Fsp3) is 0.375. The smallest absolute Gasteiger partial charge is 0.311 e. The molecule has 0 atom stereocenters. The summed E-state index contributed by atoms with van der Waals surface area (Å²) in [6.07, 6.45) is 0. The molecule has 126 valence electrons. The molecule has 2 heterocycles. The maximum Gasteiger partial charge on any atom is 0.311 e. The molecule has 24 heavy (non-hydrogen) atoms. The van der Waals surface area contributed by atoms with Gasteiger partial charge in [0.1, 0.15) is 5.75 Å². The van der Waals surface area contributed by atoms with Gasteiger partial charge in [-0.05, 0) is 18.2 Å². The van der Waals surface area contributed by atoms with Crippen LogP contribution in [0.1, 0.15) is 26.9 Å². The molecule has 8 nitrogen and oxygen atoms in total. The van der Waals surface area contributed by atoms with Gasteiger partial charge in [0.2, 0.25) is 5.89 Å². The molecular weight excluding hydrogens is 312 g/mol. The molecule has 2 aromatic rings. The molecule has 1 aromatic heterocycles. The quantitative estimate of drug-likeness (QED) is 0.834. The molecule has 1 saturated heterocycles. The Bertz CT molecular complexity index is 750. The van der Waals surface area contributed by atoms with Gasteiger partial charge in [-0.2, -0.15) is 0 Å². The SMILES string of the molecule is COc1cccc(C(=O)N2CCN(C(=O)c3nnc(C)o3)CC2)c1. The Morgan fingerprint density at radius 3 is 2.33 bits per heavy atom. The van der Waals surface area contributed by atoms with Gasteiger partial charge in [-0.25, -0.2) is 0 Å². The molecule has 2 amide bonds. The highest BCUT2D eigenvalue weighted by atomic mass is 16.5. The molecule has 0 aliphatic carbocycles. The van der Waals surface area contributed by atoms with Gasteiger partial charge in [0.15, 0.2) is 0 Å². The van der Waals surface area contributed by atoms with Crippen LogP contribution in [-0.4, -0.2) is 65.1 Å². The van der Waals surface area contributed by atoms with Gasteiger partial charge in [0.25, 0.3) is 5.91 Å². The zero-order valence-corrected chi connectivity index (χ0v) is 13.6. The van der Waals surface area contributed by atoms with E-state index >= 15 is 0 Å². The zero-order chi connectivity index (χ0) is 17.1. The molecule has 0 saturated carbocycles. The molecule has 1 fully saturated rings. The number of benzene rings is 1. The van der Waals surface area contributed by atoms with E-state index in [4.69, 9.17) is 9.15 Å². The van der Waals surface area contributed by atoms with Crippen LogP contribution >= 0.6 is 0 Å². The first kappa shape index (κ1) is 16.0. The van der Waals surface area contributed by atoms with E-state index in [0.29, 0.717) is 43.4 Å². The number of rotatable bonds is 3. The van der Waals surface area contributed by atoms with Crippen molar-refractivity contribution in [1.82, 2.24) is 20.0 Å². The standard InChI is InChI=1S/C16H18N4O4/c1-11-17-18-14(24-11)16(22)20-8-6-19(7-9-20)15(21)12-4-3-5-13(10-12)23-2/h3-5,10H,6-9H2,1-2H3. The maximum atomic E-state index is 12.5. The van der Waals surface area contributed by atoms with Crippen LogP contribution < -0.4 is 4.74 Å². The Labute approximate surface area is 139 Å². The second-order valence-electron chi connectivity index (χ2n) is 5.44. The van der Waals surface area contributed by atoms with E-state index in [0.717, 1.165) is 0 Å². The van der Waals surface area contributed by atoms with Crippen molar-refractivity contribution < 1.29 is 18.7 Å². The molecular formula is C16H18N4O4. The first-order valence-electron chi connectivity index (χ1n) is 7.61. The van der Waals surface area contributed by atoms with Crippen LogP contribution in [0.25, 0.3) is 0 Å². The van der Waals surface area contributed by atoms with Gasteiger partial charge < -0.3 is 19.0 Å². The summed E-state index contributed by atoms with van der Waals surface area (Å²) in [4.78, 5) is 28.1. The van der Waals surface area contributed by atoms with Crippen molar-refractivity contribution in [2.24, 2.45) is 0 Å². The topological polar surface area (TPSA) is 88.8 Å². The summed E-state index contributed by atoms with van der Waals surface area (Å²) in [7, 11) is 1.56. The van der Waals surface area contributed by atoms with Crippen molar-refractivity contribution in [2.45, 2.75) is 6.92 Å². The minimum atomic E-state index is -0.302. The molecule has 1 aliphatic heterocycles. The van der Waals surface area contributed by atoms with E-state index in [1.165, 1.54) is 0 Å². The number of piperazine rings is 1. The lowest BCUT2D eigenvalue weighted by Gasteiger charge is -2.34. The number of hydrogen-bond donors (Lipinski definition) is 0. The van der Waals surface area contributed by atoms with Gasteiger partial charge in [-0.15, -0.1) is 10.2 Å². The van der Waals surface area contributed by atoms with E-state index in [-0.39, 0.29) is 17.7 Å². The highest BCUT2D eigenvalue weighted by Crippen LogP contribution is 2.16. The first-order chi connectivity index (χ1) is 11.6. The predicted molar refractivity (Wildman–Crippen MR) is 83.8 cm³/mol. The fourth-order valence-corrected chi connectivity index (χ4v) is 2.57. The van der Waals surface area contributed by atoms with Gasteiger partial charge in [-0.1, -0.05) is 6.07 Å². The largest absolute Gasteiger partial charge is 0.497 e. The summed E-state index contributed by atoms with van der Waals surface area (Å²) < 4.78 is 10.3. The lowest BCUT2D eigenvalue weighted by Crippen LogP contribution is -2.50. The van der Waals surface area contributed by atoms with Crippen LogP contribution in [0.4, 0.5) is 0 Å². The van der Waals surface area contributed by atoms with E-state index in [1.807, 2.05) is 0 Å². The van der Waals surface area contributed by atoms with Crippen molar-refractivity contribution in [1.29, 1.82) is 0 Å². The van der Waals surface area contributed by atoms with E-state index in [1.54, 1.807) is 48.1 Å². The van der Waals surface area contributed by atoms with Crippen LogP contribution in [0.2, 0.25) is 0 Å². The highest BCUT2D eigenvalue weighted by Gasteiger charge is 2.28. The summed E-state index contributed by atoms with van der Waals surface area (Å²) in [5, 5.41) is 7.40. The first-order valence-corrected chi connectivity index (χ1v) is 7.61. The molecule has 8 heteroatoms. The number of aryl methyl sites for hydroxylation is 1. The lowest BCUT2D eigenvalue weighted by atomic mass is 10.1. The Morgan fingerprint density at radius 1 is 1.08 bits per heavy atom. The van der Waals surface area contributed by atoms with Crippen molar-refractivity contribution >= 4 is 11.8 Å². The summed E-state index contributed by atoms with van der Waals surface area (Å²) in [6.45, 7) is 3.39. The third-order valence-electron chi connectivity index (χ3n) is 3.88. The molecule has 1 aromatic carbocycles. The Hall–Kier alpha value is -2.90. The van der Waals surface area contributed by atoms with E-state index < -0.39 is 0 Å². The van der Waals surface area contributed by atoms with Crippen LogP contribution in [0.5, 0.6) is 5.75 Å². The Morgan fingerprint density at radius 2 is 1.75 bits per heavy atom. The molecule has 1 aliphatic rings. The number of carbonyl (C=O) groups excluding carboxylic acids is 2. The number of nitrogens with zero attached hydrogens (tertiary/aromatic N) is 4. The number of aromatic nitrogens is 2. The summed E-state index contributed by atoms with van der Waals surface area (Å²) in [5.41, 5.74) is 0.571. The van der Waals surface area contributed by atoms with Crippen LogP contribution in [0, 0.1) is 6.92 Å². The Balaban J connectivity index is 1.62. The van der Waals surface area contributed by atoms with Gasteiger partial charge >= 0.3 is 11.8 Å². The molecule has 0 unspecified atom stereocenters. The second kappa shape index (κ2) is 6.69. The van der Waals surface area contributed by atoms with E-state index in [2.05, 4.69) is 10.2 Å². The number of methoxy groups -OCH3 is 1. The third-order valence-corrected chi connectivity index (χ3v) is 3.88. The molecule has 3 rings (SSSR count). The number of hydrogen-bond acceptors (Lipinski definition) is 6. The number of amides is 2. The van der Waals surface area contributed by atoms with Crippen molar-refractivity contribution in [3.8, 4) is 5.75 Å². The zero-order valence-electron chi connectivity index (χ0n) is 13.6. The van der Waals surface area contributed by atoms with Crippen LogP contribution in [-0.2, 0) is 0 Å². The van der Waals surface area contributed by atoms with Crippen molar-refractivity contribution in [3.63, 3.8) is 0 Å². The molecule has 0 radical (unpaired) electrons. The average molecular weight is 330 g/mol. The average Bonchev–Trinajstić information content (AvgIpc) is 3.07. The van der Waals surface area contributed by atoms with Crippen molar-refractivity contribution in [3.05, 3.63) is 41.6 Å². The number of carbonyl (C=O) groups is 2. The summed E-state index contributed by atoms with van der Waals surface area (Å²) >= 11 is 0. The third kappa shape index (κ3) is 3.22. The van der Waals surface area contributed by atoms with Gasteiger partial charge in [-0.3, -0.25) is 9.59 Å².